The summed E-state index contributed by atoms with van der Waals surface area (Å²) >= 11 is 0. The fraction of sp³-hybridized carbons (Fsp3) is 0.389. The molecule has 3 aromatic rings. The summed E-state index contributed by atoms with van der Waals surface area (Å²) in [6, 6.07) is 2.49. The molecule has 0 saturated carbocycles. The summed E-state index contributed by atoms with van der Waals surface area (Å²) in [6.07, 6.45) is 1.42. The highest BCUT2D eigenvalue weighted by molar-refractivity contribution is 7.86. The molecule has 2 heterocycles. The van der Waals surface area contributed by atoms with Crippen molar-refractivity contribution in [3.8, 4) is 22.9 Å². The number of fused-ring (bicyclic) bond motifs is 1. The van der Waals surface area contributed by atoms with Gasteiger partial charge in [0.15, 0.2) is 11.3 Å². The lowest BCUT2D eigenvalue weighted by Crippen LogP contribution is -2.16. The summed E-state index contributed by atoms with van der Waals surface area (Å²) in [5.41, 5.74) is 0.632. The molecule has 0 spiro atoms. The van der Waals surface area contributed by atoms with Crippen LogP contribution in [0.15, 0.2) is 21.8 Å². The van der Waals surface area contributed by atoms with Crippen molar-refractivity contribution in [2.75, 3.05) is 13.7 Å². The van der Waals surface area contributed by atoms with Crippen molar-refractivity contribution >= 4 is 15.6 Å². The molecule has 0 radical (unpaired) electrons. The predicted molar refractivity (Wildman–Crippen MR) is 105 cm³/mol. The summed E-state index contributed by atoms with van der Waals surface area (Å²) < 4.78 is 45.3. The first kappa shape index (κ1) is 20.8. The highest BCUT2D eigenvalue weighted by Crippen LogP contribution is 2.36. The molecule has 2 aromatic heterocycles. The van der Waals surface area contributed by atoms with Crippen LogP contribution in [0.5, 0.6) is 11.5 Å². The Hall–Kier alpha value is -2.92. The summed E-state index contributed by atoms with van der Waals surface area (Å²) in [5, 5.41) is 4.47. The van der Waals surface area contributed by atoms with E-state index < -0.39 is 20.6 Å². The van der Waals surface area contributed by atoms with Gasteiger partial charge >= 0.3 is 0 Å². The van der Waals surface area contributed by atoms with E-state index in [0.717, 1.165) is 12.5 Å². The third kappa shape index (κ3) is 3.83. The molecule has 0 atom stereocenters. The lowest BCUT2D eigenvalue weighted by molar-refractivity contribution is 0.335. The third-order valence-electron chi connectivity index (χ3n) is 4.32. The van der Waals surface area contributed by atoms with Gasteiger partial charge in [-0.05, 0) is 26.3 Å². The van der Waals surface area contributed by atoms with E-state index in [4.69, 9.17) is 9.47 Å². The zero-order valence-corrected chi connectivity index (χ0v) is 17.3. The Kier molecular flexibility index (Phi) is 5.62. The second-order valence-electron chi connectivity index (χ2n) is 6.33. The van der Waals surface area contributed by atoms with Gasteiger partial charge in [-0.3, -0.25) is 9.35 Å². The normalized spacial score (nSPS) is 11.8. The number of hydrogen-bond acceptors (Lipinski definition) is 7. The largest absolute Gasteiger partial charge is 0.495 e. The van der Waals surface area contributed by atoms with Crippen molar-refractivity contribution in [2.45, 2.75) is 38.5 Å². The Morgan fingerprint density at radius 3 is 2.55 bits per heavy atom. The van der Waals surface area contributed by atoms with E-state index in [0.29, 0.717) is 23.5 Å². The van der Waals surface area contributed by atoms with Crippen molar-refractivity contribution < 1.29 is 22.4 Å². The van der Waals surface area contributed by atoms with Gasteiger partial charge in [-0.1, -0.05) is 6.92 Å². The van der Waals surface area contributed by atoms with E-state index in [-0.39, 0.29) is 29.5 Å². The SMILES string of the molecule is CCCc1nc(C)c2c(=O)[nH]c(-c3cc(S(=O)(=O)O)c(OC)cc3OCC)nn12. The Bertz CT molecular complexity index is 1230. The second-order valence-corrected chi connectivity index (χ2v) is 7.72. The Labute approximate surface area is 167 Å². The van der Waals surface area contributed by atoms with Crippen LogP contribution in [0.2, 0.25) is 0 Å². The Balaban J connectivity index is 2.35. The van der Waals surface area contributed by atoms with Crippen LogP contribution in [0, 0.1) is 6.92 Å². The van der Waals surface area contributed by atoms with E-state index in [1.807, 2.05) is 6.92 Å². The third-order valence-corrected chi connectivity index (χ3v) is 5.19. The van der Waals surface area contributed by atoms with Gasteiger partial charge in [0, 0.05) is 12.5 Å². The smallest absolute Gasteiger partial charge is 0.298 e. The molecule has 2 N–H and O–H groups in total. The molecule has 3 rings (SSSR count). The van der Waals surface area contributed by atoms with Crippen LogP contribution >= 0.6 is 0 Å². The van der Waals surface area contributed by atoms with Gasteiger partial charge in [0.1, 0.15) is 22.2 Å². The molecule has 0 aliphatic heterocycles. The standard InChI is InChI=1S/C18H22N4O6S/c1-5-7-15-19-10(3)16-18(23)20-17(21-22(15)16)11-8-14(29(24,25)26)13(27-4)9-12(11)28-6-2/h8-9H,5-7H2,1-4H3,(H,20,21,23)(H,24,25,26). The van der Waals surface area contributed by atoms with Crippen molar-refractivity contribution in [1.29, 1.82) is 0 Å². The van der Waals surface area contributed by atoms with Gasteiger partial charge in [-0.2, -0.15) is 8.42 Å². The van der Waals surface area contributed by atoms with Crippen LogP contribution in [-0.4, -0.2) is 46.3 Å². The fourth-order valence-corrected chi connectivity index (χ4v) is 3.77. The maximum Gasteiger partial charge on any atom is 0.298 e. The van der Waals surface area contributed by atoms with Crippen molar-refractivity contribution in [3.05, 3.63) is 34.0 Å². The number of imidazole rings is 1. The molecule has 11 heteroatoms. The van der Waals surface area contributed by atoms with E-state index in [1.165, 1.54) is 17.7 Å². The second kappa shape index (κ2) is 7.84. The zero-order chi connectivity index (χ0) is 21.3. The molecular weight excluding hydrogens is 400 g/mol. The van der Waals surface area contributed by atoms with Crippen LogP contribution < -0.4 is 15.0 Å². The molecule has 0 bridgehead atoms. The van der Waals surface area contributed by atoms with E-state index in [2.05, 4.69) is 15.1 Å². The van der Waals surface area contributed by atoms with E-state index >= 15 is 0 Å². The van der Waals surface area contributed by atoms with E-state index in [9.17, 15) is 17.8 Å². The number of H-pyrrole nitrogens is 1. The first-order valence-electron chi connectivity index (χ1n) is 9.02. The molecule has 0 saturated heterocycles. The van der Waals surface area contributed by atoms with Crippen molar-refractivity contribution in [3.63, 3.8) is 0 Å². The summed E-state index contributed by atoms with van der Waals surface area (Å²) in [6.45, 7) is 5.74. The first-order valence-corrected chi connectivity index (χ1v) is 10.5. The number of ether oxygens (including phenoxy) is 2. The molecular formula is C18H22N4O6S. The molecule has 156 valence electrons. The molecule has 0 amide bonds. The minimum Gasteiger partial charge on any atom is -0.495 e. The number of nitrogens with one attached hydrogen (secondary N) is 1. The maximum atomic E-state index is 12.7. The van der Waals surface area contributed by atoms with Crippen LogP contribution in [0.1, 0.15) is 31.8 Å². The number of rotatable bonds is 7. The monoisotopic (exact) mass is 422 g/mol. The summed E-state index contributed by atoms with van der Waals surface area (Å²) in [5.74, 6) is 0.850. The molecule has 0 aliphatic carbocycles. The van der Waals surface area contributed by atoms with Crippen molar-refractivity contribution in [1.82, 2.24) is 19.6 Å². The Morgan fingerprint density at radius 1 is 1.24 bits per heavy atom. The molecule has 0 fully saturated rings. The fourth-order valence-electron chi connectivity index (χ4n) is 3.11. The van der Waals surface area contributed by atoms with Gasteiger partial charge in [0.05, 0.1) is 25.0 Å². The number of methoxy groups -OCH3 is 1. The number of nitrogens with zero attached hydrogens (tertiary/aromatic N) is 3. The number of aromatic nitrogens is 4. The topological polar surface area (TPSA) is 136 Å². The predicted octanol–water partition coefficient (Wildman–Crippen LogP) is 2.00. The lowest BCUT2D eigenvalue weighted by Gasteiger charge is -2.14. The van der Waals surface area contributed by atoms with Gasteiger partial charge in [0.2, 0.25) is 0 Å². The average molecular weight is 422 g/mol. The van der Waals surface area contributed by atoms with Crippen LogP contribution in [0.3, 0.4) is 0 Å². The quantitative estimate of drug-likeness (QED) is 0.552. The van der Waals surface area contributed by atoms with Gasteiger partial charge in [0.25, 0.3) is 15.7 Å². The molecule has 1 aromatic carbocycles. The summed E-state index contributed by atoms with van der Waals surface area (Å²) in [4.78, 5) is 19.3. The summed E-state index contributed by atoms with van der Waals surface area (Å²) in [7, 11) is -3.32. The number of hydrogen-bond donors (Lipinski definition) is 2. The Morgan fingerprint density at radius 2 is 1.97 bits per heavy atom. The minimum atomic E-state index is -4.59. The van der Waals surface area contributed by atoms with Crippen LogP contribution in [0.25, 0.3) is 16.9 Å². The number of aromatic amines is 1. The molecule has 0 aliphatic rings. The van der Waals surface area contributed by atoms with E-state index in [1.54, 1.807) is 13.8 Å². The molecule has 29 heavy (non-hydrogen) atoms. The first-order chi connectivity index (χ1) is 13.7. The van der Waals surface area contributed by atoms with Crippen LogP contribution in [-0.2, 0) is 16.5 Å². The number of aryl methyl sites for hydroxylation is 2. The van der Waals surface area contributed by atoms with Gasteiger partial charge < -0.3 is 14.5 Å². The molecule has 10 nitrogen and oxygen atoms in total. The van der Waals surface area contributed by atoms with Gasteiger partial charge in [-0.15, -0.1) is 5.10 Å². The van der Waals surface area contributed by atoms with Crippen molar-refractivity contribution in [2.24, 2.45) is 0 Å². The van der Waals surface area contributed by atoms with Crippen LogP contribution in [0.4, 0.5) is 0 Å². The highest BCUT2D eigenvalue weighted by atomic mass is 32.2. The molecule has 0 unspecified atom stereocenters. The lowest BCUT2D eigenvalue weighted by atomic mass is 10.1. The number of benzene rings is 1. The average Bonchev–Trinajstić information content (AvgIpc) is 2.97. The highest BCUT2D eigenvalue weighted by Gasteiger charge is 2.23. The zero-order valence-electron chi connectivity index (χ0n) is 16.5. The minimum absolute atomic E-state index is 0.0771. The maximum absolute atomic E-state index is 12.7. The van der Waals surface area contributed by atoms with Gasteiger partial charge in [-0.25, -0.2) is 9.50 Å².